The van der Waals surface area contributed by atoms with Crippen LogP contribution in [0, 0.1) is 5.92 Å². The molecular formula is C9H19N3. The highest BCUT2D eigenvalue weighted by Crippen LogP contribution is 2.15. The number of hydrogen-bond acceptors (Lipinski definition) is 3. The highest BCUT2D eigenvalue weighted by atomic mass is 15.4. The fourth-order valence-corrected chi connectivity index (χ4v) is 2.08. The van der Waals surface area contributed by atoms with E-state index >= 15 is 0 Å². The number of nitrogens with zero attached hydrogens (tertiary/aromatic N) is 1. The lowest BCUT2D eigenvalue weighted by Gasteiger charge is -2.29. The van der Waals surface area contributed by atoms with Gasteiger partial charge in [-0.1, -0.05) is 13.8 Å². The number of hydrogen-bond donors (Lipinski definition) is 2. The van der Waals surface area contributed by atoms with Crippen molar-refractivity contribution in [2.24, 2.45) is 5.92 Å². The van der Waals surface area contributed by atoms with Crippen LogP contribution in [0.25, 0.3) is 0 Å². The highest BCUT2D eigenvalue weighted by Gasteiger charge is 2.33. The van der Waals surface area contributed by atoms with Gasteiger partial charge in [0.1, 0.15) is 0 Å². The van der Waals surface area contributed by atoms with Crippen molar-refractivity contribution in [3.05, 3.63) is 0 Å². The van der Waals surface area contributed by atoms with Crippen LogP contribution in [0.5, 0.6) is 0 Å². The molecule has 0 amide bonds. The Morgan fingerprint density at radius 2 is 2.25 bits per heavy atom. The van der Waals surface area contributed by atoms with Crippen LogP contribution in [0.2, 0.25) is 0 Å². The van der Waals surface area contributed by atoms with E-state index in [1.165, 1.54) is 13.1 Å². The zero-order valence-electron chi connectivity index (χ0n) is 8.01. The maximum Gasteiger partial charge on any atom is 0.0729 e. The maximum absolute atomic E-state index is 3.66. The fraction of sp³-hybridized carbons (Fsp3) is 1.00. The summed E-state index contributed by atoms with van der Waals surface area (Å²) in [6.45, 7) is 9.31. The normalized spacial score (nSPS) is 37.2. The predicted octanol–water partition coefficient (Wildman–Crippen LogP) is -0.154. The molecule has 2 heterocycles. The molecule has 0 spiro atoms. The van der Waals surface area contributed by atoms with Gasteiger partial charge in [0, 0.05) is 32.2 Å². The van der Waals surface area contributed by atoms with Crippen molar-refractivity contribution >= 4 is 0 Å². The van der Waals surface area contributed by atoms with E-state index in [0.717, 1.165) is 19.0 Å². The highest BCUT2D eigenvalue weighted by molar-refractivity contribution is 4.91. The second kappa shape index (κ2) is 3.32. The van der Waals surface area contributed by atoms with Gasteiger partial charge in [-0.05, 0) is 5.92 Å². The zero-order chi connectivity index (χ0) is 8.55. The second-order valence-electron chi connectivity index (χ2n) is 4.23. The van der Waals surface area contributed by atoms with Crippen LogP contribution in [-0.4, -0.2) is 43.3 Å². The van der Waals surface area contributed by atoms with Gasteiger partial charge in [0.15, 0.2) is 0 Å². The molecule has 2 saturated heterocycles. The number of fused-ring (bicyclic) bond motifs is 1. The smallest absolute Gasteiger partial charge is 0.0729 e. The first-order chi connectivity index (χ1) is 5.77. The summed E-state index contributed by atoms with van der Waals surface area (Å²) in [6.07, 6.45) is 0.603. The molecule has 12 heavy (non-hydrogen) atoms. The van der Waals surface area contributed by atoms with E-state index in [1.54, 1.807) is 0 Å². The molecule has 2 rings (SSSR count). The van der Waals surface area contributed by atoms with Gasteiger partial charge in [-0.3, -0.25) is 10.2 Å². The Morgan fingerprint density at radius 1 is 1.42 bits per heavy atom. The summed E-state index contributed by atoms with van der Waals surface area (Å²) in [5.74, 6) is 0.760. The number of rotatable bonds is 1. The van der Waals surface area contributed by atoms with Gasteiger partial charge in [-0.25, -0.2) is 0 Å². The first-order valence-corrected chi connectivity index (χ1v) is 4.98. The predicted molar refractivity (Wildman–Crippen MR) is 50.0 cm³/mol. The molecule has 3 heteroatoms. The largest absolute Gasteiger partial charge is 0.313 e. The van der Waals surface area contributed by atoms with Crippen molar-refractivity contribution < 1.29 is 0 Å². The topological polar surface area (TPSA) is 27.3 Å². The van der Waals surface area contributed by atoms with E-state index in [2.05, 4.69) is 29.4 Å². The molecule has 2 N–H and O–H groups in total. The molecule has 0 aromatic heterocycles. The Morgan fingerprint density at radius 3 is 2.92 bits per heavy atom. The fourth-order valence-electron chi connectivity index (χ4n) is 2.08. The molecule has 2 aliphatic heterocycles. The molecule has 3 nitrogen and oxygen atoms in total. The molecule has 0 aliphatic carbocycles. The Kier molecular flexibility index (Phi) is 2.35. The van der Waals surface area contributed by atoms with Crippen molar-refractivity contribution in [2.75, 3.05) is 26.2 Å². The van der Waals surface area contributed by atoms with Gasteiger partial charge in [0.2, 0.25) is 0 Å². The molecule has 0 aromatic rings. The molecule has 2 unspecified atom stereocenters. The lowest BCUT2D eigenvalue weighted by molar-refractivity contribution is 0.200. The maximum atomic E-state index is 3.66. The average Bonchev–Trinajstić information content (AvgIpc) is 2.46. The molecule has 70 valence electrons. The second-order valence-corrected chi connectivity index (χ2v) is 4.23. The average molecular weight is 169 g/mol. The van der Waals surface area contributed by atoms with Gasteiger partial charge in [-0.2, -0.15) is 0 Å². The van der Waals surface area contributed by atoms with Crippen LogP contribution in [0.4, 0.5) is 0 Å². The van der Waals surface area contributed by atoms with Crippen molar-refractivity contribution in [3.63, 3.8) is 0 Å². The standard InChI is InChI=1S/C9H19N3/c1-7(2)8-6-12-4-3-10-5-9(12)11-8/h7-11H,3-6H2,1-2H3. The van der Waals surface area contributed by atoms with Gasteiger partial charge in [-0.15, -0.1) is 0 Å². The van der Waals surface area contributed by atoms with Crippen LogP contribution in [0.15, 0.2) is 0 Å². The van der Waals surface area contributed by atoms with Crippen LogP contribution in [0.1, 0.15) is 13.8 Å². The minimum atomic E-state index is 0.603. The van der Waals surface area contributed by atoms with Gasteiger partial charge in [0.05, 0.1) is 6.17 Å². The molecule has 2 fully saturated rings. The van der Waals surface area contributed by atoms with Crippen LogP contribution >= 0.6 is 0 Å². The Labute approximate surface area is 74.5 Å². The van der Waals surface area contributed by atoms with Gasteiger partial charge >= 0.3 is 0 Å². The molecule has 0 radical (unpaired) electrons. The SMILES string of the molecule is CC(C)C1CN2CCNCC2N1. The molecule has 0 bridgehead atoms. The van der Waals surface area contributed by atoms with Crippen molar-refractivity contribution in [2.45, 2.75) is 26.1 Å². The van der Waals surface area contributed by atoms with Crippen LogP contribution in [0.3, 0.4) is 0 Å². The Balaban J connectivity index is 1.94. The van der Waals surface area contributed by atoms with E-state index in [-0.39, 0.29) is 0 Å². The molecule has 0 saturated carbocycles. The third-order valence-corrected chi connectivity index (χ3v) is 3.00. The van der Waals surface area contributed by atoms with Crippen molar-refractivity contribution in [1.82, 2.24) is 15.5 Å². The van der Waals surface area contributed by atoms with E-state index < -0.39 is 0 Å². The van der Waals surface area contributed by atoms with Crippen molar-refractivity contribution in [3.8, 4) is 0 Å². The summed E-state index contributed by atoms with van der Waals surface area (Å²) in [7, 11) is 0. The van der Waals surface area contributed by atoms with Gasteiger partial charge in [0.25, 0.3) is 0 Å². The van der Waals surface area contributed by atoms with E-state index in [1.807, 2.05) is 0 Å². The first-order valence-electron chi connectivity index (χ1n) is 4.98. The first kappa shape index (κ1) is 8.48. The minimum absolute atomic E-state index is 0.603. The lowest BCUT2D eigenvalue weighted by Crippen LogP contribution is -2.51. The summed E-state index contributed by atoms with van der Waals surface area (Å²) >= 11 is 0. The summed E-state index contributed by atoms with van der Waals surface area (Å²) < 4.78 is 0. The summed E-state index contributed by atoms with van der Waals surface area (Å²) in [4.78, 5) is 2.56. The zero-order valence-corrected chi connectivity index (χ0v) is 8.01. The van der Waals surface area contributed by atoms with Crippen molar-refractivity contribution in [1.29, 1.82) is 0 Å². The summed E-state index contributed by atoms with van der Waals surface area (Å²) in [6, 6.07) is 0.704. The van der Waals surface area contributed by atoms with E-state index in [0.29, 0.717) is 12.2 Å². The molecule has 0 aromatic carbocycles. The third-order valence-electron chi connectivity index (χ3n) is 3.00. The third kappa shape index (κ3) is 1.49. The number of nitrogens with one attached hydrogen (secondary N) is 2. The number of piperazine rings is 1. The van der Waals surface area contributed by atoms with Crippen LogP contribution < -0.4 is 10.6 Å². The molecule has 2 aliphatic rings. The Hall–Kier alpha value is -0.120. The summed E-state index contributed by atoms with van der Waals surface area (Å²) in [5, 5.41) is 7.07. The molecule has 2 atom stereocenters. The van der Waals surface area contributed by atoms with Gasteiger partial charge < -0.3 is 5.32 Å². The molecular weight excluding hydrogens is 150 g/mol. The Bertz CT molecular complexity index is 144. The lowest BCUT2D eigenvalue weighted by atomic mass is 10.1. The van der Waals surface area contributed by atoms with E-state index in [9.17, 15) is 0 Å². The van der Waals surface area contributed by atoms with Crippen LogP contribution in [-0.2, 0) is 0 Å². The quantitative estimate of drug-likeness (QED) is 0.571. The summed E-state index contributed by atoms with van der Waals surface area (Å²) in [5.41, 5.74) is 0. The minimum Gasteiger partial charge on any atom is -0.313 e. The van der Waals surface area contributed by atoms with E-state index in [4.69, 9.17) is 0 Å². The monoisotopic (exact) mass is 169 g/mol.